The minimum absolute atomic E-state index is 0.355. The smallest absolute Gasteiger partial charge is 0.211 e. The van der Waals surface area contributed by atoms with Gasteiger partial charge < -0.3 is 0 Å². The van der Waals surface area contributed by atoms with Crippen LogP contribution in [0, 0.1) is 5.92 Å². The predicted molar refractivity (Wildman–Crippen MR) is 79.6 cm³/mol. The lowest BCUT2D eigenvalue weighted by molar-refractivity contribution is 0.516. The molecule has 0 aromatic rings. The van der Waals surface area contributed by atoms with Gasteiger partial charge in [-0.25, -0.2) is 39.1 Å². The van der Waals surface area contributed by atoms with Gasteiger partial charge in [0.25, 0.3) is 0 Å². The van der Waals surface area contributed by atoms with Gasteiger partial charge in [-0.3, -0.25) is 0 Å². The van der Waals surface area contributed by atoms with Crippen molar-refractivity contribution in [2.75, 3.05) is 26.2 Å². The van der Waals surface area contributed by atoms with Gasteiger partial charge in [0, 0.05) is 0 Å². The number of isocyanates is 4. The fourth-order valence-corrected chi connectivity index (χ4v) is 1.32. The summed E-state index contributed by atoms with van der Waals surface area (Å²) < 4.78 is 0. The summed E-state index contributed by atoms with van der Waals surface area (Å²) in [5, 5.41) is 0. The van der Waals surface area contributed by atoms with Crippen LogP contribution in [0.25, 0.3) is 0 Å². The highest BCUT2D eigenvalue weighted by molar-refractivity contribution is 5.33. The maximum Gasteiger partial charge on any atom is 0.234 e. The molecule has 0 aliphatic rings. The first-order valence-electron chi connectivity index (χ1n) is 6.87. The lowest BCUT2D eigenvalue weighted by Crippen LogP contribution is -1.99. The molecule has 0 bridgehead atoms. The van der Waals surface area contributed by atoms with E-state index < -0.39 is 0 Å². The molecule has 0 heterocycles. The Morgan fingerprint density at radius 1 is 0.682 bits per heavy atom. The van der Waals surface area contributed by atoms with E-state index in [9.17, 15) is 19.2 Å². The van der Waals surface area contributed by atoms with E-state index in [1.807, 2.05) is 6.92 Å². The van der Waals surface area contributed by atoms with E-state index in [4.69, 9.17) is 0 Å². The number of aliphatic imine (C=N–C) groups is 4. The Morgan fingerprint density at radius 2 is 1.09 bits per heavy atom. The summed E-state index contributed by atoms with van der Waals surface area (Å²) in [6.07, 6.45) is 9.09. The van der Waals surface area contributed by atoms with E-state index in [-0.39, 0.29) is 0 Å². The molecule has 1 atom stereocenters. The number of unbranched alkanes of at least 4 members (excludes halogenated alkanes) is 1. The van der Waals surface area contributed by atoms with Crippen molar-refractivity contribution in [1.82, 2.24) is 0 Å². The lowest BCUT2D eigenvalue weighted by Gasteiger charge is -2.03. The molecular formula is C14H20N4O4. The van der Waals surface area contributed by atoms with Crippen LogP contribution < -0.4 is 0 Å². The quantitative estimate of drug-likeness (QED) is 0.326. The van der Waals surface area contributed by atoms with Crippen molar-refractivity contribution in [2.24, 2.45) is 25.9 Å². The van der Waals surface area contributed by atoms with E-state index >= 15 is 0 Å². The Labute approximate surface area is 129 Å². The first kappa shape index (κ1) is 21.8. The van der Waals surface area contributed by atoms with Crippen LogP contribution in [0.2, 0.25) is 0 Å². The van der Waals surface area contributed by atoms with Crippen molar-refractivity contribution in [2.45, 2.75) is 32.6 Å². The van der Waals surface area contributed by atoms with Crippen LogP contribution in [0.1, 0.15) is 32.6 Å². The highest BCUT2D eigenvalue weighted by atomic mass is 16.1. The van der Waals surface area contributed by atoms with E-state index in [2.05, 4.69) is 20.0 Å². The van der Waals surface area contributed by atoms with E-state index in [1.165, 1.54) is 24.3 Å². The summed E-state index contributed by atoms with van der Waals surface area (Å²) >= 11 is 0. The molecule has 1 unspecified atom stereocenters. The number of hydrogen-bond donors (Lipinski definition) is 0. The highest BCUT2D eigenvalue weighted by Gasteiger charge is 1.99. The second-order valence-corrected chi connectivity index (χ2v) is 4.31. The Balaban J connectivity index is 0. The molecule has 0 amide bonds. The highest BCUT2D eigenvalue weighted by Crippen LogP contribution is 2.04. The lowest BCUT2D eigenvalue weighted by atomic mass is 10.1. The van der Waals surface area contributed by atoms with Gasteiger partial charge in [0.05, 0.1) is 26.2 Å². The van der Waals surface area contributed by atoms with Gasteiger partial charge in [-0.05, 0) is 31.6 Å². The molecule has 0 saturated carbocycles. The van der Waals surface area contributed by atoms with E-state index in [0.717, 1.165) is 25.7 Å². The average molecular weight is 308 g/mol. The number of rotatable bonds is 11. The normalized spacial score (nSPS) is 9.50. The van der Waals surface area contributed by atoms with Gasteiger partial charge in [-0.15, -0.1) is 0 Å². The SMILES string of the molecule is CC(CCCN=C=O)CN=C=O.O=C=NCCCCN=C=O. The van der Waals surface area contributed by atoms with Crippen molar-refractivity contribution in [3.63, 3.8) is 0 Å². The van der Waals surface area contributed by atoms with E-state index in [0.29, 0.717) is 32.1 Å². The summed E-state index contributed by atoms with van der Waals surface area (Å²) in [7, 11) is 0. The largest absolute Gasteiger partial charge is 0.234 e. The zero-order valence-electron chi connectivity index (χ0n) is 12.7. The first-order valence-corrected chi connectivity index (χ1v) is 6.87. The maximum absolute atomic E-state index is 9.72. The monoisotopic (exact) mass is 308 g/mol. The Kier molecular flexibility index (Phi) is 20.7. The van der Waals surface area contributed by atoms with Crippen molar-refractivity contribution >= 4 is 24.3 Å². The van der Waals surface area contributed by atoms with Gasteiger partial charge >= 0.3 is 0 Å². The van der Waals surface area contributed by atoms with Gasteiger partial charge in [0.2, 0.25) is 24.3 Å². The Hall–Kier alpha value is -2.48. The van der Waals surface area contributed by atoms with Crippen molar-refractivity contribution < 1.29 is 19.2 Å². The van der Waals surface area contributed by atoms with Crippen LogP contribution in [0.3, 0.4) is 0 Å². The molecule has 0 aromatic carbocycles. The van der Waals surface area contributed by atoms with Crippen LogP contribution in [0.15, 0.2) is 20.0 Å². The minimum Gasteiger partial charge on any atom is -0.211 e. The van der Waals surface area contributed by atoms with Crippen LogP contribution in [0.4, 0.5) is 0 Å². The molecular weight excluding hydrogens is 288 g/mol. The molecule has 0 aromatic heterocycles. The topological polar surface area (TPSA) is 118 Å². The van der Waals surface area contributed by atoms with Crippen molar-refractivity contribution in [1.29, 1.82) is 0 Å². The third-order valence-corrected chi connectivity index (χ3v) is 2.42. The molecule has 22 heavy (non-hydrogen) atoms. The fraction of sp³-hybridized carbons (Fsp3) is 0.714. The molecule has 8 nitrogen and oxygen atoms in total. The number of hydrogen-bond acceptors (Lipinski definition) is 8. The second kappa shape index (κ2) is 20.8. The molecule has 0 fully saturated rings. The zero-order chi connectivity index (χ0) is 16.9. The summed E-state index contributed by atoms with van der Waals surface area (Å²) in [6, 6.07) is 0. The molecule has 0 aliphatic heterocycles. The predicted octanol–water partition coefficient (Wildman–Crippen LogP) is 1.51. The summed E-state index contributed by atoms with van der Waals surface area (Å²) in [6.45, 7) is 3.95. The third kappa shape index (κ3) is 22.7. The van der Waals surface area contributed by atoms with Crippen LogP contribution in [-0.4, -0.2) is 50.5 Å². The standard InChI is InChI=1S/C8H12N2O2.C6H8N2O2/c1-8(5-10-7-12)3-2-4-9-6-11;9-5-7-3-1-2-4-8-6-10/h8H,2-5H2,1H3;1-4H2. The first-order chi connectivity index (χ1) is 10.7. The molecule has 0 radical (unpaired) electrons. The molecule has 0 saturated heterocycles. The number of carbonyl (C=O) groups excluding carboxylic acids is 4. The third-order valence-electron chi connectivity index (χ3n) is 2.42. The molecule has 0 spiro atoms. The molecule has 0 rings (SSSR count). The zero-order valence-corrected chi connectivity index (χ0v) is 12.7. The van der Waals surface area contributed by atoms with Gasteiger partial charge in [-0.2, -0.15) is 0 Å². The van der Waals surface area contributed by atoms with Gasteiger partial charge in [0.1, 0.15) is 0 Å². The Morgan fingerprint density at radius 3 is 1.50 bits per heavy atom. The second-order valence-electron chi connectivity index (χ2n) is 4.31. The average Bonchev–Trinajstić information content (AvgIpc) is 2.53. The number of nitrogens with zero attached hydrogens (tertiary/aromatic N) is 4. The van der Waals surface area contributed by atoms with Gasteiger partial charge in [0.15, 0.2) is 0 Å². The van der Waals surface area contributed by atoms with Gasteiger partial charge in [-0.1, -0.05) is 6.92 Å². The molecule has 0 aliphatic carbocycles. The van der Waals surface area contributed by atoms with Crippen molar-refractivity contribution in [3.8, 4) is 0 Å². The maximum atomic E-state index is 9.72. The molecule has 120 valence electrons. The summed E-state index contributed by atoms with van der Waals surface area (Å²) in [5.41, 5.74) is 0. The Bertz CT molecular complexity index is 435. The molecule has 0 N–H and O–H groups in total. The van der Waals surface area contributed by atoms with Crippen LogP contribution in [-0.2, 0) is 19.2 Å². The summed E-state index contributed by atoms with van der Waals surface area (Å²) in [5.74, 6) is 0.355. The molecule has 8 heteroatoms. The summed E-state index contributed by atoms with van der Waals surface area (Å²) in [4.78, 5) is 51.9. The van der Waals surface area contributed by atoms with Crippen LogP contribution >= 0.6 is 0 Å². The van der Waals surface area contributed by atoms with Crippen molar-refractivity contribution in [3.05, 3.63) is 0 Å². The van der Waals surface area contributed by atoms with E-state index in [1.54, 1.807) is 0 Å². The van der Waals surface area contributed by atoms with Crippen LogP contribution in [0.5, 0.6) is 0 Å². The fourth-order valence-electron chi connectivity index (χ4n) is 1.32. The minimum atomic E-state index is 0.355.